The summed E-state index contributed by atoms with van der Waals surface area (Å²) in [6.07, 6.45) is 8.53. The van der Waals surface area contributed by atoms with Crippen molar-refractivity contribution in [2.75, 3.05) is 6.61 Å². The molecule has 1 aliphatic carbocycles. The molecule has 148 valence electrons. The molecule has 0 amide bonds. The topological polar surface area (TPSA) is 20.2 Å². The number of rotatable bonds is 4. The maximum atomic E-state index is 9.10. The van der Waals surface area contributed by atoms with Crippen LogP contribution in [0.1, 0.15) is 69.7 Å². The molecule has 0 aromatic heterocycles. The van der Waals surface area contributed by atoms with Gasteiger partial charge in [-0.25, -0.2) is 0 Å². The van der Waals surface area contributed by atoms with Crippen molar-refractivity contribution in [1.82, 2.24) is 0 Å². The summed E-state index contributed by atoms with van der Waals surface area (Å²) in [5, 5.41) is 9.10. The van der Waals surface area contributed by atoms with Gasteiger partial charge in [0.1, 0.15) is 0 Å². The van der Waals surface area contributed by atoms with E-state index in [9.17, 15) is 0 Å². The zero-order valence-corrected chi connectivity index (χ0v) is 18.3. The first-order valence-electron chi connectivity index (χ1n) is 10.4. The molecule has 3 rings (SSSR count). The van der Waals surface area contributed by atoms with Gasteiger partial charge in [-0.15, -0.1) is 0 Å². The van der Waals surface area contributed by atoms with E-state index < -0.39 is 0 Å². The van der Waals surface area contributed by atoms with Gasteiger partial charge in [0.2, 0.25) is 0 Å². The number of aliphatic hydroxyl groups is 1. The van der Waals surface area contributed by atoms with Crippen LogP contribution in [0.15, 0.2) is 54.1 Å². The fraction of sp³-hybridized carbons (Fsp3) is 0.407. The minimum absolute atomic E-state index is 0.0760. The smallest absolute Gasteiger partial charge is 0.0617 e. The van der Waals surface area contributed by atoms with Crippen LogP contribution in [0, 0.1) is 6.92 Å². The second-order valence-electron chi connectivity index (χ2n) is 9.53. The van der Waals surface area contributed by atoms with Crippen molar-refractivity contribution in [1.29, 1.82) is 0 Å². The first-order valence-corrected chi connectivity index (χ1v) is 10.4. The zero-order valence-electron chi connectivity index (χ0n) is 18.3. The van der Waals surface area contributed by atoms with Crippen molar-refractivity contribution >= 4 is 6.08 Å². The largest absolute Gasteiger partial charge is 0.392 e. The van der Waals surface area contributed by atoms with E-state index in [-0.39, 0.29) is 17.4 Å². The highest BCUT2D eigenvalue weighted by atomic mass is 16.2. The Morgan fingerprint density at radius 3 is 2.21 bits per heavy atom. The van der Waals surface area contributed by atoms with Crippen LogP contribution in [0.3, 0.4) is 0 Å². The van der Waals surface area contributed by atoms with Crippen LogP contribution in [0.2, 0.25) is 0 Å². The average molecular weight is 375 g/mol. The molecule has 0 saturated carbocycles. The lowest BCUT2D eigenvalue weighted by Crippen LogP contribution is -2.34. The molecule has 0 spiro atoms. The summed E-state index contributed by atoms with van der Waals surface area (Å²) >= 11 is 0. The Kier molecular flexibility index (Phi) is 5.68. The minimum atomic E-state index is 0.0760. The third-order valence-corrected chi connectivity index (χ3v) is 6.39. The molecule has 2 aromatic carbocycles. The normalized spacial score (nSPS) is 18.3. The summed E-state index contributed by atoms with van der Waals surface area (Å²) in [7, 11) is 0. The third-order valence-electron chi connectivity index (χ3n) is 6.39. The van der Waals surface area contributed by atoms with E-state index in [0.29, 0.717) is 0 Å². The summed E-state index contributed by atoms with van der Waals surface area (Å²) in [5.74, 6) is 0. The Balaban J connectivity index is 2.15. The number of hydrogen-bond acceptors (Lipinski definition) is 1. The third kappa shape index (κ3) is 4.00. The summed E-state index contributed by atoms with van der Waals surface area (Å²) < 4.78 is 0. The van der Waals surface area contributed by atoms with Crippen molar-refractivity contribution in [3.63, 3.8) is 0 Å². The van der Waals surface area contributed by atoms with Gasteiger partial charge in [-0.2, -0.15) is 0 Å². The predicted octanol–water partition coefficient (Wildman–Crippen LogP) is 6.96. The van der Waals surface area contributed by atoms with Crippen LogP contribution in [0.4, 0.5) is 0 Å². The minimum Gasteiger partial charge on any atom is -0.392 e. The first kappa shape index (κ1) is 20.6. The van der Waals surface area contributed by atoms with E-state index in [2.05, 4.69) is 83.2 Å². The molecular formula is C27H34O. The monoisotopic (exact) mass is 374 g/mol. The molecule has 0 heterocycles. The molecule has 0 saturated heterocycles. The lowest BCUT2D eigenvalue weighted by atomic mass is 9.62. The molecule has 0 atom stereocenters. The van der Waals surface area contributed by atoms with E-state index in [1.54, 1.807) is 0 Å². The maximum Gasteiger partial charge on any atom is 0.0617 e. The van der Waals surface area contributed by atoms with Crippen molar-refractivity contribution < 1.29 is 5.11 Å². The van der Waals surface area contributed by atoms with Crippen LogP contribution in [0.5, 0.6) is 0 Å². The van der Waals surface area contributed by atoms with Crippen molar-refractivity contribution in [3.8, 4) is 11.1 Å². The number of hydrogen-bond donors (Lipinski definition) is 1. The first-order chi connectivity index (χ1) is 13.2. The van der Waals surface area contributed by atoms with Gasteiger partial charge in [-0.1, -0.05) is 87.9 Å². The molecule has 1 N–H and O–H groups in total. The Morgan fingerprint density at radius 1 is 0.964 bits per heavy atom. The van der Waals surface area contributed by atoms with Crippen molar-refractivity contribution in [2.24, 2.45) is 0 Å². The van der Waals surface area contributed by atoms with Gasteiger partial charge in [0, 0.05) is 0 Å². The van der Waals surface area contributed by atoms with E-state index in [4.69, 9.17) is 5.11 Å². The fourth-order valence-electron chi connectivity index (χ4n) is 4.33. The number of benzene rings is 2. The fourth-order valence-corrected chi connectivity index (χ4v) is 4.33. The molecule has 0 radical (unpaired) electrons. The molecule has 0 aliphatic heterocycles. The van der Waals surface area contributed by atoms with Crippen LogP contribution < -0.4 is 0 Å². The van der Waals surface area contributed by atoms with Crippen molar-refractivity contribution in [2.45, 2.75) is 65.2 Å². The molecule has 0 bridgehead atoms. The van der Waals surface area contributed by atoms with Crippen LogP contribution in [0.25, 0.3) is 17.2 Å². The molecule has 1 aliphatic rings. The predicted molar refractivity (Wildman–Crippen MR) is 122 cm³/mol. The lowest BCUT2D eigenvalue weighted by Gasteiger charge is -2.42. The number of aliphatic hydroxyl groups excluding tert-OH is 1. The van der Waals surface area contributed by atoms with E-state index in [1.165, 1.54) is 46.2 Å². The van der Waals surface area contributed by atoms with Gasteiger partial charge in [-0.05, 0) is 70.9 Å². The van der Waals surface area contributed by atoms with Gasteiger partial charge < -0.3 is 5.11 Å². The number of allylic oxidation sites excluding steroid dienone is 2. The van der Waals surface area contributed by atoms with E-state index >= 15 is 0 Å². The molecule has 0 fully saturated rings. The average Bonchev–Trinajstić information content (AvgIpc) is 2.64. The Bertz CT molecular complexity index is 925. The zero-order chi connectivity index (χ0) is 20.5. The number of fused-ring (bicyclic) bond motifs is 1. The van der Waals surface area contributed by atoms with Crippen LogP contribution in [-0.2, 0) is 10.8 Å². The van der Waals surface area contributed by atoms with Gasteiger partial charge in [-0.3, -0.25) is 0 Å². The molecular weight excluding hydrogens is 340 g/mol. The van der Waals surface area contributed by atoms with E-state index in [1.807, 2.05) is 13.0 Å². The Morgan fingerprint density at radius 2 is 1.57 bits per heavy atom. The van der Waals surface area contributed by atoms with Gasteiger partial charge in [0.05, 0.1) is 6.61 Å². The van der Waals surface area contributed by atoms with E-state index in [0.717, 1.165) is 5.57 Å². The molecule has 1 nitrogen and oxygen atoms in total. The van der Waals surface area contributed by atoms with Crippen LogP contribution in [-0.4, -0.2) is 11.7 Å². The second kappa shape index (κ2) is 7.72. The Hall–Kier alpha value is -2.12. The van der Waals surface area contributed by atoms with Crippen LogP contribution >= 0.6 is 0 Å². The lowest BCUT2D eigenvalue weighted by molar-refractivity contribution is 0.332. The molecule has 1 heteroatoms. The summed E-state index contributed by atoms with van der Waals surface area (Å²) in [4.78, 5) is 0. The summed E-state index contributed by atoms with van der Waals surface area (Å²) in [5.41, 5.74) is 9.68. The molecule has 0 unspecified atom stereocenters. The van der Waals surface area contributed by atoms with Crippen molar-refractivity contribution in [3.05, 3.63) is 76.4 Å². The second-order valence-corrected chi connectivity index (χ2v) is 9.53. The SMILES string of the molecule is CC(/C=C/c1ccccc1-c1cc2c(cc1C)C(C)(C)CCC2(C)C)=C\CO. The summed E-state index contributed by atoms with van der Waals surface area (Å²) in [6.45, 7) is 13.9. The van der Waals surface area contributed by atoms with Gasteiger partial charge >= 0.3 is 0 Å². The molecule has 2 aromatic rings. The quantitative estimate of drug-likeness (QED) is 0.573. The standard InChI is InChI=1S/C27H34O/c1-19(13-16-28)11-12-21-9-7-8-10-22(21)23-18-25-24(17-20(23)2)26(3,4)14-15-27(25,5)6/h7-13,17-18,28H,14-16H2,1-6H3/b12-11+,19-13+. The highest BCUT2D eigenvalue weighted by Gasteiger charge is 2.37. The molecule has 28 heavy (non-hydrogen) atoms. The summed E-state index contributed by atoms with van der Waals surface area (Å²) in [6, 6.07) is 13.5. The Labute approximate surface area is 170 Å². The highest BCUT2D eigenvalue weighted by molar-refractivity contribution is 5.79. The van der Waals surface area contributed by atoms with Gasteiger partial charge in [0.25, 0.3) is 0 Å². The highest BCUT2D eigenvalue weighted by Crippen LogP contribution is 2.47. The number of aryl methyl sites for hydroxylation is 1. The van der Waals surface area contributed by atoms with Gasteiger partial charge in [0.15, 0.2) is 0 Å². The maximum absolute atomic E-state index is 9.10.